The Morgan fingerprint density at radius 2 is 1.73 bits per heavy atom. The van der Waals surface area contributed by atoms with Crippen molar-refractivity contribution in [3.8, 4) is 5.75 Å². The zero-order valence-corrected chi connectivity index (χ0v) is 18.7. The first-order valence-corrected chi connectivity index (χ1v) is 11.2. The van der Waals surface area contributed by atoms with E-state index in [1.807, 2.05) is 48.5 Å². The molecule has 1 fully saturated rings. The molecule has 0 atom stereocenters. The Labute approximate surface area is 195 Å². The van der Waals surface area contributed by atoms with E-state index in [0.29, 0.717) is 15.8 Å². The first kappa shape index (κ1) is 22.3. The number of hydrogen-bond donors (Lipinski definition) is 1. The number of rotatable bonds is 7. The van der Waals surface area contributed by atoms with E-state index in [1.54, 1.807) is 18.2 Å². The van der Waals surface area contributed by atoms with Crippen molar-refractivity contribution < 1.29 is 14.5 Å². The molecule has 1 N–H and O–H groups in total. The van der Waals surface area contributed by atoms with E-state index >= 15 is 0 Å². The molecule has 4 rings (SSSR count). The summed E-state index contributed by atoms with van der Waals surface area (Å²) < 4.78 is 5.93. The van der Waals surface area contributed by atoms with Crippen LogP contribution in [0.5, 0.6) is 5.75 Å². The molecule has 0 spiro atoms. The van der Waals surface area contributed by atoms with Gasteiger partial charge in [0.1, 0.15) is 12.4 Å². The van der Waals surface area contributed by atoms with Crippen molar-refractivity contribution in [2.45, 2.75) is 20.0 Å². The minimum atomic E-state index is -0.436. The van der Waals surface area contributed by atoms with Crippen LogP contribution in [0, 0.1) is 10.1 Å². The van der Waals surface area contributed by atoms with Gasteiger partial charge in [0.25, 0.3) is 11.6 Å². The van der Waals surface area contributed by atoms with Gasteiger partial charge in [-0.2, -0.15) is 0 Å². The highest BCUT2D eigenvalue weighted by molar-refractivity contribution is 8.18. The van der Waals surface area contributed by atoms with Crippen LogP contribution in [0.1, 0.15) is 23.6 Å². The number of aliphatic imine (C=N–C) groups is 1. The summed E-state index contributed by atoms with van der Waals surface area (Å²) in [5.41, 5.74) is 3.60. The summed E-state index contributed by atoms with van der Waals surface area (Å²) in [5, 5.41) is 14.1. The fourth-order valence-corrected chi connectivity index (χ4v) is 3.98. The number of para-hydroxylation sites is 1. The second kappa shape index (κ2) is 10.1. The molecule has 0 saturated carbocycles. The van der Waals surface area contributed by atoms with Crippen molar-refractivity contribution in [2.75, 3.05) is 0 Å². The molecule has 1 aliphatic rings. The number of benzene rings is 3. The van der Waals surface area contributed by atoms with Gasteiger partial charge < -0.3 is 10.1 Å². The second-order valence-corrected chi connectivity index (χ2v) is 8.28. The number of non-ortho nitro benzene ring substituents is 1. The highest BCUT2D eigenvalue weighted by Gasteiger charge is 2.24. The number of nitrogens with zero attached hydrogens (tertiary/aromatic N) is 2. The SMILES string of the molecule is CCc1ccc(N=C2NC(=O)/C(=C/c3ccccc3OCc3ccc([N+](=O)[O-])cc3)S2)cc1. The lowest BCUT2D eigenvalue weighted by Crippen LogP contribution is -2.19. The number of carbonyl (C=O) groups excluding carboxylic acids is 1. The molecule has 3 aromatic carbocycles. The Morgan fingerprint density at radius 1 is 1.03 bits per heavy atom. The van der Waals surface area contributed by atoms with Gasteiger partial charge in [-0.25, -0.2) is 4.99 Å². The molecule has 1 saturated heterocycles. The molecule has 166 valence electrons. The average molecular weight is 460 g/mol. The summed E-state index contributed by atoms with van der Waals surface area (Å²) in [5.74, 6) is 0.395. The molecule has 0 aliphatic carbocycles. The summed E-state index contributed by atoms with van der Waals surface area (Å²) in [4.78, 5) is 27.9. The van der Waals surface area contributed by atoms with Crippen molar-refractivity contribution in [3.05, 3.63) is 105 Å². The van der Waals surface area contributed by atoms with E-state index in [9.17, 15) is 14.9 Å². The zero-order chi connectivity index (χ0) is 23.2. The van der Waals surface area contributed by atoms with Gasteiger partial charge in [-0.3, -0.25) is 14.9 Å². The molecule has 0 unspecified atom stereocenters. The lowest BCUT2D eigenvalue weighted by atomic mass is 10.1. The maximum absolute atomic E-state index is 12.5. The van der Waals surface area contributed by atoms with Gasteiger partial charge in [0.15, 0.2) is 5.17 Å². The Hall–Kier alpha value is -3.91. The van der Waals surface area contributed by atoms with Crippen molar-refractivity contribution in [1.29, 1.82) is 0 Å². The number of amides is 1. The third-order valence-electron chi connectivity index (χ3n) is 4.97. The minimum Gasteiger partial charge on any atom is -0.488 e. The van der Waals surface area contributed by atoms with Crippen LogP contribution in [0.2, 0.25) is 0 Å². The van der Waals surface area contributed by atoms with Crippen LogP contribution in [-0.2, 0) is 17.8 Å². The Kier molecular flexibility index (Phi) is 6.85. The topological polar surface area (TPSA) is 93.8 Å². The van der Waals surface area contributed by atoms with Crippen LogP contribution < -0.4 is 10.1 Å². The van der Waals surface area contributed by atoms with Gasteiger partial charge in [0.2, 0.25) is 0 Å². The summed E-state index contributed by atoms with van der Waals surface area (Å²) in [6.07, 6.45) is 2.73. The summed E-state index contributed by atoms with van der Waals surface area (Å²) in [6, 6.07) is 21.5. The van der Waals surface area contributed by atoms with Gasteiger partial charge in [-0.05, 0) is 65.7 Å². The summed E-state index contributed by atoms with van der Waals surface area (Å²) in [6.45, 7) is 2.34. The van der Waals surface area contributed by atoms with Gasteiger partial charge in [-0.15, -0.1) is 0 Å². The maximum atomic E-state index is 12.5. The summed E-state index contributed by atoms with van der Waals surface area (Å²) >= 11 is 1.28. The van der Waals surface area contributed by atoms with Crippen LogP contribution >= 0.6 is 11.8 Å². The predicted molar refractivity (Wildman–Crippen MR) is 130 cm³/mol. The number of nitro benzene ring substituents is 1. The number of nitro groups is 1. The molecule has 3 aromatic rings. The number of thioether (sulfide) groups is 1. The molecule has 7 nitrogen and oxygen atoms in total. The molecular weight excluding hydrogens is 438 g/mol. The number of carbonyl (C=O) groups is 1. The third-order valence-corrected chi connectivity index (χ3v) is 5.88. The normalized spacial score (nSPS) is 15.6. The molecule has 33 heavy (non-hydrogen) atoms. The standard InChI is InChI=1S/C25H21N3O4S/c1-2-17-7-11-20(12-8-17)26-25-27-24(29)23(33-25)15-19-5-3-4-6-22(19)32-16-18-9-13-21(14-10-18)28(30)31/h3-15H,2,16H2,1H3,(H,26,27,29)/b23-15-. The Morgan fingerprint density at radius 3 is 2.42 bits per heavy atom. The quantitative estimate of drug-likeness (QED) is 0.281. The van der Waals surface area contributed by atoms with Crippen molar-refractivity contribution in [3.63, 3.8) is 0 Å². The van der Waals surface area contributed by atoms with Crippen LogP contribution in [0.15, 0.2) is 82.7 Å². The Bertz CT molecular complexity index is 1240. The third kappa shape index (κ3) is 5.67. The fraction of sp³-hybridized carbons (Fsp3) is 0.120. The first-order chi connectivity index (χ1) is 16.0. The van der Waals surface area contributed by atoms with E-state index in [0.717, 1.165) is 23.2 Å². The second-order valence-electron chi connectivity index (χ2n) is 7.25. The van der Waals surface area contributed by atoms with E-state index in [-0.39, 0.29) is 18.2 Å². The Balaban J connectivity index is 1.48. The average Bonchev–Trinajstić information content (AvgIpc) is 3.17. The molecule has 0 bridgehead atoms. The van der Waals surface area contributed by atoms with Gasteiger partial charge >= 0.3 is 0 Å². The van der Waals surface area contributed by atoms with E-state index < -0.39 is 4.92 Å². The molecule has 0 aromatic heterocycles. The first-order valence-electron chi connectivity index (χ1n) is 10.4. The molecule has 1 aliphatic heterocycles. The monoisotopic (exact) mass is 459 g/mol. The minimum absolute atomic E-state index is 0.0342. The predicted octanol–water partition coefficient (Wildman–Crippen LogP) is 5.63. The fourth-order valence-electron chi connectivity index (χ4n) is 3.15. The van der Waals surface area contributed by atoms with E-state index in [4.69, 9.17) is 4.74 Å². The number of nitrogens with one attached hydrogen (secondary N) is 1. The number of ether oxygens (including phenoxy) is 1. The van der Waals surface area contributed by atoms with Crippen molar-refractivity contribution in [1.82, 2.24) is 5.32 Å². The van der Waals surface area contributed by atoms with Crippen molar-refractivity contribution in [2.24, 2.45) is 4.99 Å². The van der Waals surface area contributed by atoms with Gasteiger partial charge in [0.05, 0.1) is 15.5 Å². The smallest absolute Gasteiger partial charge is 0.269 e. The molecule has 1 amide bonds. The van der Waals surface area contributed by atoms with E-state index in [1.165, 1.54) is 29.5 Å². The van der Waals surface area contributed by atoms with Crippen LogP contribution in [0.25, 0.3) is 6.08 Å². The zero-order valence-electron chi connectivity index (χ0n) is 17.9. The van der Waals surface area contributed by atoms with Crippen molar-refractivity contribution >= 4 is 40.3 Å². The molecule has 1 heterocycles. The van der Waals surface area contributed by atoms with Crippen LogP contribution in [-0.4, -0.2) is 16.0 Å². The number of amidine groups is 1. The van der Waals surface area contributed by atoms with Crippen LogP contribution in [0.3, 0.4) is 0 Å². The molecular formula is C25H21N3O4S. The molecule has 8 heteroatoms. The lowest BCUT2D eigenvalue weighted by molar-refractivity contribution is -0.384. The summed E-state index contributed by atoms with van der Waals surface area (Å²) in [7, 11) is 0. The highest BCUT2D eigenvalue weighted by Crippen LogP contribution is 2.31. The lowest BCUT2D eigenvalue weighted by Gasteiger charge is -2.09. The van der Waals surface area contributed by atoms with Gasteiger partial charge in [-0.1, -0.05) is 37.3 Å². The largest absolute Gasteiger partial charge is 0.488 e. The van der Waals surface area contributed by atoms with Gasteiger partial charge in [0, 0.05) is 17.7 Å². The highest BCUT2D eigenvalue weighted by atomic mass is 32.2. The number of hydrogen-bond acceptors (Lipinski definition) is 6. The number of aryl methyl sites for hydroxylation is 1. The van der Waals surface area contributed by atoms with Crippen LogP contribution in [0.4, 0.5) is 11.4 Å². The maximum Gasteiger partial charge on any atom is 0.269 e. The molecule has 0 radical (unpaired) electrons. The van der Waals surface area contributed by atoms with E-state index in [2.05, 4.69) is 17.2 Å².